The molecule has 1 amide bonds. The van der Waals surface area contributed by atoms with Crippen molar-refractivity contribution >= 4 is 40.0 Å². The molecule has 0 unspecified atom stereocenters. The van der Waals surface area contributed by atoms with E-state index in [2.05, 4.69) is 5.32 Å². The van der Waals surface area contributed by atoms with Crippen LogP contribution < -0.4 is 5.32 Å². The van der Waals surface area contributed by atoms with Crippen LogP contribution in [0.4, 0.5) is 10.1 Å². The zero-order valence-corrected chi connectivity index (χ0v) is 14.1. The maximum Gasteiger partial charge on any atom is 0.339 e. The Morgan fingerprint density at radius 2 is 1.96 bits per heavy atom. The minimum atomic E-state index is -1.37. The number of hydrogen-bond acceptors (Lipinski definition) is 4. The molecule has 1 N–H and O–H groups in total. The summed E-state index contributed by atoms with van der Waals surface area (Å²) in [6.07, 6.45) is 1.44. The molecule has 0 spiro atoms. The fraction of sp³-hybridized carbons (Fsp3) is 0.125. The molecule has 2 aromatic rings. The topological polar surface area (TPSA) is 72.5 Å². The van der Waals surface area contributed by atoms with Crippen molar-refractivity contribution in [2.75, 3.05) is 18.2 Å². The van der Waals surface area contributed by atoms with Gasteiger partial charge in [0.15, 0.2) is 6.61 Å². The van der Waals surface area contributed by atoms with E-state index >= 15 is 0 Å². The average Bonchev–Trinajstić information content (AvgIpc) is 2.55. The Morgan fingerprint density at radius 1 is 1.25 bits per heavy atom. The summed E-state index contributed by atoms with van der Waals surface area (Å²) in [6.45, 7) is -0.558. The Hall–Kier alpha value is -2.25. The van der Waals surface area contributed by atoms with Gasteiger partial charge in [-0.15, -0.1) is 0 Å². The molecule has 5 nitrogen and oxygen atoms in total. The SMILES string of the molecule is C[S@](=O)c1ccccc1C(=O)OCC(=O)Nc1ccc(F)cc1Cl. The van der Waals surface area contributed by atoms with Gasteiger partial charge in [-0.05, 0) is 30.3 Å². The Bertz CT molecular complexity index is 812. The highest BCUT2D eigenvalue weighted by atomic mass is 35.5. The number of rotatable bonds is 5. The fourth-order valence-corrected chi connectivity index (χ4v) is 2.82. The van der Waals surface area contributed by atoms with Gasteiger partial charge in [-0.25, -0.2) is 9.18 Å². The molecule has 0 saturated carbocycles. The van der Waals surface area contributed by atoms with E-state index in [1.807, 2.05) is 0 Å². The van der Waals surface area contributed by atoms with Crippen LogP contribution in [-0.4, -0.2) is 28.9 Å². The number of anilines is 1. The summed E-state index contributed by atoms with van der Waals surface area (Å²) in [7, 11) is -1.37. The first kappa shape index (κ1) is 18.1. The number of halogens is 2. The molecule has 2 aromatic carbocycles. The molecule has 2 rings (SSSR count). The summed E-state index contributed by atoms with van der Waals surface area (Å²) in [4.78, 5) is 24.2. The summed E-state index contributed by atoms with van der Waals surface area (Å²) in [5.74, 6) is -1.93. The van der Waals surface area contributed by atoms with Crippen molar-refractivity contribution in [1.29, 1.82) is 0 Å². The standard InChI is InChI=1S/C16H13ClFNO4S/c1-24(22)14-5-3-2-4-11(14)16(21)23-9-15(20)19-13-7-6-10(18)8-12(13)17/h2-8H,9H2,1H3,(H,19,20)/t24-/m0/s1. The van der Waals surface area contributed by atoms with Crippen molar-refractivity contribution < 1.29 is 22.9 Å². The molecule has 0 saturated heterocycles. The predicted octanol–water partition coefficient (Wildman–Crippen LogP) is 3.01. The largest absolute Gasteiger partial charge is 0.452 e. The van der Waals surface area contributed by atoms with Crippen molar-refractivity contribution in [1.82, 2.24) is 0 Å². The molecule has 0 bridgehead atoms. The van der Waals surface area contributed by atoms with Gasteiger partial charge in [0.25, 0.3) is 5.91 Å². The lowest BCUT2D eigenvalue weighted by molar-refractivity contribution is -0.119. The Balaban J connectivity index is 1.99. The van der Waals surface area contributed by atoms with Crippen LogP contribution in [0.2, 0.25) is 5.02 Å². The maximum atomic E-state index is 12.9. The Kier molecular flexibility index (Phi) is 6.05. The van der Waals surface area contributed by atoms with Crippen molar-refractivity contribution in [2.45, 2.75) is 4.90 Å². The van der Waals surface area contributed by atoms with Gasteiger partial charge in [-0.1, -0.05) is 23.7 Å². The van der Waals surface area contributed by atoms with Gasteiger partial charge >= 0.3 is 5.97 Å². The highest BCUT2D eigenvalue weighted by Gasteiger charge is 2.16. The van der Waals surface area contributed by atoms with Crippen LogP contribution in [-0.2, 0) is 20.3 Å². The van der Waals surface area contributed by atoms with Crippen LogP contribution in [0.3, 0.4) is 0 Å². The first-order valence-electron chi connectivity index (χ1n) is 6.73. The quantitative estimate of drug-likeness (QED) is 0.822. The molecule has 0 fully saturated rings. The van der Waals surface area contributed by atoms with E-state index in [1.165, 1.54) is 18.4 Å². The van der Waals surface area contributed by atoms with Crippen LogP contribution in [0, 0.1) is 5.82 Å². The van der Waals surface area contributed by atoms with Gasteiger partial charge in [0, 0.05) is 6.26 Å². The van der Waals surface area contributed by atoms with Crippen molar-refractivity contribution in [3.05, 3.63) is 58.9 Å². The number of amides is 1. The molecule has 0 radical (unpaired) electrons. The highest BCUT2D eigenvalue weighted by molar-refractivity contribution is 7.84. The van der Waals surface area contributed by atoms with Crippen molar-refractivity contribution in [2.24, 2.45) is 0 Å². The van der Waals surface area contributed by atoms with E-state index in [9.17, 15) is 18.2 Å². The van der Waals surface area contributed by atoms with Gasteiger partial charge in [-0.2, -0.15) is 0 Å². The average molecular weight is 370 g/mol. The normalized spacial score (nSPS) is 11.6. The third kappa shape index (κ3) is 4.62. The van der Waals surface area contributed by atoms with Gasteiger partial charge in [0.05, 0.1) is 32.0 Å². The third-order valence-electron chi connectivity index (χ3n) is 2.96. The van der Waals surface area contributed by atoms with Crippen LogP contribution in [0.1, 0.15) is 10.4 Å². The number of benzene rings is 2. The molecular formula is C16H13ClFNO4S. The Labute approximate surface area is 145 Å². The summed E-state index contributed by atoms with van der Waals surface area (Å²) in [6, 6.07) is 9.75. The summed E-state index contributed by atoms with van der Waals surface area (Å²) < 4.78 is 29.4. The number of esters is 1. The number of carbonyl (C=O) groups is 2. The summed E-state index contributed by atoms with van der Waals surface area (Å²) in [5, 5.41) is 2.44. The lowest BCUT2D eigenvalue weighted by Gasteiger charge is -2.09. The molecule has 8 heteroatoms. The lowest BCUT2D eigenvalue weighted by atomic mass is 10.2. The van der Waals surface area contributed by atoms with E-state index in [0.29, 0.717) is 4.90 Å². The second kappa shape index (κ2) is 8.03. The van der Waals surface area contributed by atoms with Gasteiger partial charge in [0.1, 0.15) is 5.82 Å². The van der Waals surface area contributed by atoms with Crippen LogP contribution in [0.25, 0.3) is 0 Å². The first-order valence-corrected chi connectivity index (χ1v) is 8.66. The second-order valence-electron chi connectivity index (χ2n) is 4.70. The molecule has 0 aliphatic rings. The highest BCUT2D eigenvalue weighted by Crippen LogP contribution is 2.22. The summed E-state index contributed by atoms with van der Waals surface area (Å²) in [5.41, 5.74) is 0.333. The van der Waals surface area contributed by atoms with E-state index < -0.39 is 35.1 Å². The molecule has 0 aliphatic carbocycles. The number of carbonyl (C=O) groups excluding carboxylic acids is 2. The predicted molar refractivity (Wildman–Crippen MR) is 89.1 cm³/mol. The maximum absolute atomic E-state index is 12.9. The van der Waals surface area contributed by atoms with Crippen molar-refractivity contribution in [3.63, 3.8) is 0 Å². The smallest absolute Gasteiger partial charge is 0.339 e. The molecule has 1 atom stereocenters. The zero-order valence-electron chi connectivity index (χ0n) is 12.5. The number of ether oxygens (including phenoxy) is 1. The monoisotopic (exact) mass is 369 g/mol. The Morgan fingerprint density at radius 3 is 2.62 bits per heavy atom. The molecular weight excluding hydrogens is 357 g/mol. The van der Waals surface area contributed by atoms with E-state index in [-0.39, 0.29) is 16.3 Å². The van der Waals surface area contributed by atoms with Crippen molar-refractivity contribution in [3.8, 4) is 0 Å². The van der Waals surface area contributed by atoms with Crippen LogP contribution >= 0.6 is 11.6 Å². The number of hydrogen-bond donors (Lipinski definition) is 1. The number of nitrogens with one attached hydrogen (secondary N) is 1. The third-order valence-corrected chi connectivity index (χ3v) is 4.24. The van der Waals surface area contributed by atoms with Gasteiger partial charge < -0.3 is 10.1 Å². The first-order chi connectivity index (χ1) is 11.4. The zero-order chi connectivity index (χ0) is 17.7. The minimum absolute atomic E-state index is 0.0291. The van der Waals surface area contributed by atoms with Gasteiger partial charge in [0.2, 0.25) is 0 Å². The fourth-order valence-electron chi connectivity index (χ4n) is 1.87. The van der Waals surface area contributed by atoms with Crippen LogP contribution in [0.15, 0.2) is 47.4 Å². The summed E-state index contributed by atoms with van der Waals surface area (Å²) >= 11 is 5.79. The molecule has 0 heterocycles. The van der Waals surface area contributed by atoms with Crippen LogP contribution in [0.5, 0.6) is 0 Å². The van der Waals surface area contributed by atoms with Gasteiger partial charge in [-0.3, -0.25) is 9.00 Å². The molecule has 126 valence electrons. The van der Waals surface area contributed by atoms with E-state index in [1.54, 1.807) is 18.2 Å². The molecule has 0 aromatic heterocycles. The molecule has 24 heavy (non-hydrogen) atoms. The lowest BCUT2D eigenvalue weighted by Crippen LogP contribution is -2.21. The second-order valence-corrected chi connectivity index (χ2v) is 6.45. The van der Waals surface area contributed by atoms with E-state index in [0.717, 1.165) is 12.1 Å². The minimum Gasteiger partial charge on any atom is -0.452 e. The molecule has 0 aliphatic heterocycles. The van der Waals surface area contributed by atoms with E-state index in [4.69, 9.17) is 16.3 Å².